The molecule has 4 rings (SSSR count). The highest BCUT2D eigenvalue weighted by molar-refractivity contribution is 7.92. The standard InChI is InChI=1S/C27H32ClN3O5S2/c1-4-36-26(32)19-11-9-18(10-12-19)16-29-27-30-17(2)25(37-27)20-13-14-23(35-3)24(15-20)38(33,34)31-22-8-6-5-7-21(22)28/h5-8,13-15,18-19,31H,4,9-12,16H2,1-3H3,(H,29,30). The summed E-state index contributed by atoms with van der Waals surface area (Å²) in [6.07, 6.45) is 3.62. The molecule has 1 aliphatic rings. The first-order chi connectivity index (χ1) is 18.2. The normalized spacial score (nSPS) is 17.6. The number of methoxy groups -OCH3 is 1. The van der Waals surface area contributed by atoms with Crippen molar-refractivity contribution in [1.29, 1.82) is 0 Å². The molecule has 1 aliphatic carbocycles. The summed E-state index contributed by atoms with van der Waals surface area (Å²) < 4.78 is 39.6. The van der Waals surface area contributed by atoms with E-state index in [4.69, 9.17) is 21.1 Å². The second-order valence-electron chi connectivity index (χ2n) is 9.24. The summed E-state index contributed by atoms with van der Waals surface area (Å²) in [6, 6.07) is 11.7. The number of anilines is 2. The van der Waals surface area contributed by atoms with Crippen LogP contribution in [0.25, 0.3) is 10.4 Å². The molecule has 0 unspecified atom stereocenters. The molecule has 1 fully saturated rings. The van der Waals surface area contributed by atoms with Crippen LogP contribution in [0, 0.1) is 18.8 Å². The van der Waals surface area contributed by atoms with Crippen molar-refractivity contribution in [3.05, 3.63) is 53.2 Å². The topological polar surface area (TPSA) is 107 Å². The monoisotopic (exact) mass is 577 g/mol. The van der Waals surface area contributed by atoms with E-state index in [9.17, 15) is 13.2 Å². The van der Waals surface area contributed by atoms with Crippen LogP contribution in [-0.4, -0.2) is 39.6 Å². The van der Waals surface area contributed by atoms with Gasteiger partial charge in [-0.2, -0.15) is 0 Å². The van der Waals surface area contributed by atoms with Gasteiger partial charge in [-0.05, 0) is 81.3 Å². The van der Waals surface area contributed by atoms with Gasteiger partial charge in [0.25, 0.3) is 10.0 Å². The van der Waals surface area contributed by atoms with Crippen LogP contribution in [0.3, 0.4) is 0 Å². The summed E-state index contributed by atoms with van der Waals surface area (Å²) in [5.41, 5.74) is 1.82. The van der Waals surface area contributed by atoms with Gasteiger partial charge in [-0.3, -0.25) is 9.52 Å². The van der Waals surface area contributed by atoms with Crippen molar-refractivity contribution in [3.8, 4) is 16.2 Å². The summed E-state index contributed by atoms with van der Waals surface area (Å²) in [4.78, 5) is 17.5. The fraction of sp³-hybridized carbons (Fsp3) is 0.407. The lowest BCUT2D eigenvalue weighted by molar-refractivity contribution is -0.149. The van der Waals surface area contributed by atoms with E-state index in [2.05, 4.69) is 15.0 Å². The highest BCUT2D eigenvalue weighted by Gasteiger charge is 2.27. The van der Waals surface area contributed by atoms with Gasteiger partial charge < -0.3 is 14.8 Å². The number of nitrogens with one attached hydrogen (secondary N) is 2. The molecule has 204 valence electrons. The van der Waals surface area contributed by atoms with Crippen LogP contribution >= 0.6 is 22.9 Å². The quantitative estimate of drug-likeness (QED) is 0.270. The predicted octanol–water partition coefficient (Wildman–Crippen LogP) is 6.36. The number of halogens is 1. The number of carbonyl (C=O) groups excluding carboxylic acids is 1. The zero-order valence-electron chi connectivity index (χ0n) is 21.6. The SMILES string of the molecule is CCOC(=O)C1CCC(CNc2nc(C)c(-c3ccc(OC)c(S(=O)(=O)Nc4ccccc4Cl)c3)s2)CC1. The summed E-state index contributed by atoms with van der Waals surface area (Å²) in [7, 11) is -2.54. The molecule has 11 heteroatoms. The van der Waals surface area contributed by atoms with E-state index < -0.39 is 10.0 Å². The molecule has 0 spiro atoms. The van der Waals surface area contributed by atoms with Gasteiger partial charge >= 0.3 is 5.97 Å². The van der Waals surface area contributed by atoms with Gasteiger partial charge in [0.15, 0.2) is 5.13 Å². The summed E-state index contributed by atoms with van der Waals surface area (Å²) >= 11 is 7.65. The van der Waals surface area contributed by atoms with Gasteiger partial charge in [-0.1, -0.05) is 35.1 Å². The number of para-hydroxylation sites is 1. The number of aryl methyl sites for hydroxylation is 1. The van der Waals surface area contributed by atoms with Crippen molar-refractivity contribution in [1.82, 2.24) is 4.98 Å². The lowest BCUT2D eigenvalue weighted by Crippen LogP contribution is -2.26. The van der Waals surface area contributed by atoms with Gasteiger partial charge in [0.05, 0.1) is 40.9 Å². The fourth-order valence-corrected chi connectivity index (χ4v) is 7.09. The zero-order chi connectivity index (χ0) is 27.3. The Morgan fingerprint density at radius 3 is 2.58 bits per heavy atom. The van der Waals surface area contributed by atoms with Crippen molar-refractivity contribution < 1.29 is 22.7 Å². The number of hydrogen-bond donors (Lipinski definition) is 2. The Kier molecular flexibility index (Phi) is 9.17. The molecule has 38 heavy (non-hydrogen) atoms. The first-order valence-corrected chi connectivity index (χ1v) is 15.2. The third-order valence-electron chi connectivity index (χ3n) is 6.64. The van der Waals surface area contributed by atoms with Gasteiger partial charge in [0.1, 0.15) is 10.6 Å². The Hall–Kier alpha value is -2.82. The molecule has 0 aliphatic heterocycles. The Balaban J connectivity index is 1.47. The maximum Gasteiger partial charge on any atom is 0.308 e. The van der Waals surface area contributed by atoms with E-state index in [0.717, 1.165) is 53.5 Å². The van der Waals surface area contributed by atoms with Crippen LogP contribution in [0.2, 0.25) is 5.02 Å². The molecular formula is C27H32ClN3O5S2. The molecule has 0 amide bonds. The Morgan fingerprint density at radius 1 is 1.16 bits per heavy atom. The van der Waals surface area contributed by atoms with Crippen LogP contribution in [0.4, 0.5) is 10.8 Å². The van der Waals surface area contributed by atoms with Crippen molar-refractivity contribution in [3.63, 3.8) is 0 Å². The number of benzene rings is 2. The Bertz CT molecular complexity index is 1390. The number of sulfonamides is 1. The van der Waals surface area contributed by atoms with Crippen LogP contribution in [-0.2, 0) is 19.6 Å². The Labute approximate surface area is 232 Å². The van der Waals surface area contributed by atoms with Gasteiger partial charge in [0.2, 0.25) is 0 Å². The average Bonchev–Trinajstić information content (AvgIpc) is 3.29. The van der Waals surface area contributed by atoms with E-state index in [1.165, 1.54) is 18.4 Å². The maximum absolute atomic E-state index is 13.3. The lowest BCUT2D eigenvalue weighted by Gasteiger charge is -2.27. The van der Waals surface area contributed by atoms with Crippen molar-refractivity contribution in [2.45, 2.75) is 44.4 Å². The first kappa shape index (κ1) is 28.2. The molecule has 0 bridgehead atoms. The van der Waals surface area contributed by atoms with E-state index in [1.807, 2.05) is 19.9 Å². The van der Waals surface area contributed by atoms with E-state index in [1.54, 1.807) is 36.4 Å². The largest absolute Gasteiger partial charge is 0.495 e. The smallest absolute Gasteiger partial charge is 0.308 e. The zero-order valence-corrected chi connectivity index (χ0v) is 24.0. The number of aromatic nitrogens is 1. The molecule has 8 nitrogen and oxygen atoms in total. The molecule has 1 heterocycles. The second-order valence-corrected chi connectivity index (χ2v) is 12.3. The fourth-order valence-electron chi connectivity index (χ4n) is 4.61. The number of hydrogen-bond acceptors (Lipinski definition) is 8. The van der Waals surface area contributed by atoms with Crippen LogP contribution in [0.5, 0.6) is 5.75 Å². The molecular weight excluding hydrogens is 546 g/mol. The minimum Gasteiger partial charge on any atom is -0.495 e. The van der Waals surface area contributed by atoms with Gasteiger partial charge in [0, 0.05) is 6.54 Å². The van der Waals surface area contributed by atoms with Crippen molar-refractivity contribution in [2.24, 2.45) is 11.8 Å². The molecule has 0 radical (unpaired) electrons. The first-order valence-electron chi connectivity index (χ1n) is 12.6. The van der Waals surface area contributed by atoms with Crippen LogP contribution in [0.15, 0.2) is 47.4 Å². The molecule has 0 atom stereocenters. The number of rotatable bonds is 10. The third-order valence-corrected chi connectivity index (χ3v) is 9.52. The van der Waals surface area contributed by atoms with E-state index in [0.29, 0.717) is 23.2 Å². The Morgan fingerprint density at radius 2 is 1.89 bits per heavy atom. The number of thiazole rings is 1. The summed E-state index contributed by atoms with van der Waals surface area (Å²) in [5, 5.41) is 4.52. The number of carbonyl (C=O) groups is 1. The average molecular weight is 578 g/mol. The maximum atomic E-state index is 13.3. The number of ether oxygens (including phenoxy) is 2. The second kappa shape index (κ2) is 12.4. The molecule has 1 saturated carbocycles. The molecule has 3 aromatic rings. The minimum atomic E-state index is -3.98. The number of nitrogens with zero attached hydrogens (tertiary/aromatic N) is 1. The summed E-state index contributed by atoms with van der Waals surface area (Å²) in [5.74, 6) is 0.615. The van der Waals surface area contributed by atoms with Crippen LogP contribution < -0.4 is 14.8 Å². The number of esters is 1. The highest BCUT2D eigenvalue weighted by atomic mass is 35.5. The molecule has 1 aromatic heterocycles. The van der Waals surface area contributed by atoms with Gasteiger partial charge in [-0.25, -0.2) is 13.4 Å². The predicted molar refractivity (Wildman–Crippen MR) is 152 cm³/mol. The third kappa shape index (κ3) is 6.59. The van der Waals surface area contributed by atoms with Gasteiger partial charge in [-0.15, -0.1) is 0 Å². The van der Waals surface area contributed by atoms with Crippen molar-refractivity contribution >= 4 is 49.7 Å². The van der Waals surface area contributed by atoms with Crippen molar-refractivity contribution in [2.75, 3.05) is 30.3 Å². The minimum absolute atomic E-state index is 0.00728. The van der Waals surface area contributed by atoms with E-state index >= 15 is 0 Å². The molecule has 2 N–H and O–H groups in total. The summed E-state index contributed by atoms with van der Waals surface area (Å²) in [6.45, 7) is 4.93. The molecule has 0 saturated heterocycles. The van der Waals surface area contributed by atoms with Crippen LogP contribution in [0.1, 0.15) is 38.3 Å². The molecule has 2 aromatic carbocycles. The van der Waals surface area contributed by atoms with E-state index in [-0.39, 0.29) is 22.5 Å². The highest BCUT2D eigenvalue weighted by Crippen LogP contribution is 2.38. The lowest BCUT2D eigenvalue weighted by atomic mass is 9.82.